The number of Topliss-reactive ketones (excluding diaryl/α,β-unsaturated/α-hetero) is 2. The SMILES string of the molecule is CC(C)NCC(O)c1ccc(O)c(O)c1.C[C@H]1c2cccc(O)c2C(O)=C2C(=O)[C@]3(O)C(O)=C(C(N)=O)C(=O)[C@@H](N(C)C)[C@@H]3[C@@H](O)[C@@H]21.O. The minimum absolute atomic E-state index is 0. The lowest BCUT2D eigenvalue weighted by Gasteiger charge is -2.53. The Bertz CT molecular complexity index is 1670. The molecule has 13 N–H and O–H groups in total. The van der Waals surface area contributed by atoms with Gasteiger partial charge in [0.1, 0.15) is 22.8 Å². The lowest BCUT2D eigenvalue weighted by atomic mass is 9.54. The number of primary amides is 1. The molecule has 0 radical (unpaired) electrons. The van der Waals surface area contributed by atoms with E-state index >= 15 is 0 Å². The lowest BCUT2D eigenvalue weighted by Crippen LogP contribution is -2.70. The summed E-state index contributed by atoms with van der Waals surface area (Å²) in [4.78, 5) is 40.0. The summed E-state index contributed by atoms with van der Waals surface area (Å²) in [6, 6.07) is 7.74. The number of ketones is 2. The van der Waals surface area contributed by atoms with Crippen LogP contribution in [-0.2, 0) is 14.4 Å². The van der Waals surface area contributed by atoms with Gasteiger partial charge < -0.3 is 57.4 Å². The molecule has 5 rings (SSSR count). The molecule has 15 nitrogen and oxygen atoms in total. The minimum Gasteiger partial charge on any atom is -0.508 e. The number of amides is 1. The predicted octanol–water partition coefficient (Wildman–Crippen LogP) is -0.200. The van der Waals surface area contributed by atoms with Crippen molar-refractivity contribution in [2.45, 2.75) is 56.6 Å². The molecule has 0 bridgehead atoms. The number of phenolic OH excluding ortho intramolecular Hbond substituents is 3. The number of fused-ring (bicyclic) bond motifs is 3. The maximum absolute atomic E-state index is 13.7. The summed E-state index contributed by atoms with van der Waals surface area (Å²) in [5, 5.41) is 86.0. The van der Waals surface area contributed by atoms with E-state index in [4.69, 9.17) is 10.8 Å². The van der Waals surface area contributed by atoms with Crippen LogP contribution in [0.1, 0.15) is 49.5 Å². The number of phenols is 3. The summed E-state index contributed by atoms with van der Waals surface area (Å²) in [5.74, 6) is -9.26. The number of benzene rings is 2. The molecule has 3 aliphatic rings. The normalized spacial score (nSPS) is 27.0. The second-order valence-corrected chi connectivity index (χ2v) is 12.6. The monoisotopic (exact) mass is 673 g/mol. The van der Waals surface area contributed by atoms with Crippen molar-refractivity contribution in [3.63, 3.8) is 0 Å². The zero-order valence-corrected chi connectivity index (χ0v) is 27.0. The summed E-state index contributed by atoms with van der Waals surface area (Å²) in [6.07, 6.45) is -2.27. The van der Waals surface area contributed by atoms with Crippen molar-refractivity contribution in [2.24, 2.45) is 17.6 Å². The van der Waals surface area contributed by atoms with E-state index in [0.717, 1.165) is 0 Å². The molecule has 2 aromatic carbocycles. The summed E-state index contributed by atoms with van der Waals surface area (Å²) < 4.78 is 0. The Hall–Kier alpha value is -4.51. The molecule has 0 aromatic heterocycles. The van der Waals surface area contributed by atoms with Crippen LogP contribution in [-0.4, -0.2) is 113 Å². The molecular formula is C33H43N3O12. The van der Waals surface area contributed by atoms with E-state index in [1.54, 1.807) is 25.1 Å². The topological polar surface area (TPSA) is 286 Å². The highest BCUT2D eigenvalue weighted by Gasteiger charge is 2.68. The first-order chi connectivity index (χ1) is 21.9. The third-order valence-corrected chi connectivity index (χ3v) is 9.10. The maximum Gasteiger partial charge on any atom is 0.255 e. The second kappa shape index (κ2) is 13.9. The highest BCUT2D eigenvalue weighted by atomic mass is 16.4. The first kappa shape index (κ1) is 37.9. The quantitative estimate of drug-likeness (QED) is 0.141. The Labute approximate surface area is 276 Å². The van der Waals surface area contributed by atoms with Gasteiger partial charge in [-0.2, -0.15) is 0 Å². The Balaban J connectivity index is 0.000000330. The molecule has 2 aromatic rings. The van der Waals surface area contributed by atoms with Crippen LogP contribution in [0.5, 0.6) is 17.2 Å². The molecule has 48 heavy (non-hydrogen) atoms. The van der Waals surface area contributed by atoms with Gasteiger partial charge in [0.05, 0.1) is 29.7 Å². The van der Waals surface area contributed by atoms with Gasteiger partial charge in [0, 0.05) is 24.1 Å². The molecule has 0 saturated heterocycles. The fourth-order valence-electron chi connectivity index (χ4n) is 6.79. The molecule has 15 heteroatoms. The number of likely N-dealkylation sites (N-methyl/N-ethyl adjacent to an activating group) is 1. The Morgan fingerprint density at radius 3 is 2.19 bits per heavy atom. The van der Waals surface area contributed by atoms with Gasteiger partial charge in [-0.3, -0.25) is 19.3 Å². The van der Waals surface area contributed by atoms with Gasteiger partial charge in [-0.25, -0.2) is 0 Å². The standard InChI is InChI=1S/C22H24N2O8.C11H17NO3.H2O/c1-7-8-5-4-6-9(25)11(8)16(26)12-10(7)17(27)14-15(24(2)3)18(28)13(21(23)31)20(30)22(14,32)19(12)29;1-7(2)12-6-11(15)8-3-4-9(13)10(14)5-8;/h4-7,10,14-15,17,25-27,30,32H,1-3H3,(H2,23,31);3-5,7,11-15H,6H2,1-2H3;1H2/t7-,10+,14+,15-,17-,22-;;/m0../s1. The summed E-state index contributed by atoms with van der Waals surface area (Å²) >= 11 is 0. The second-order valence-electron chi connectivity index (χ2n) is 12.6. The van der Waals surface area contributed by atoms with Crippen molar-refractivity contribution in [3.8, 4) is 17.2 Å². The van der Waals surface area contributed by atoms with E-state index in [1.165, 1.54) is 37.2 Å². The molecule has 1 saturated carbocycles. The van der Waals surface area contributed by atoms with Crippen LogP contribution in [0.15, 0.2) is 53.3 Å². The minimum atomic E-state index is -2.89. The largest absolute Gasteiger partial charge is 0.508 e. The van der Waals surface area contributed by atoms with Crippen molar-refractivity contribution in [3.05, 3.63) is 70.0 Å². The Morgan fingerprint density at radius 2 is 1.65 bits per heavy atom. The number of nitrogens with one attached hydrogen (secondary N) is 1. The molecule has 0 heterocycles. The number of aliphatic hydroxyl groups is 5. The van der Waals surface area contributed by atoms with Crippen LogP contribution in [0.2, 0.25) is 0 Å². The summed E-state index contributed by atoms with van der Waals surface area (Å²) in [5.41, 5.74) is 2.05. The maximum atomic E-state index is 13.7. The van der Waals surface area contributed by atoms with Crippen molar-refractivity contribution in [1.29, 1.82) is 0 Å². The van der Waals surface area contributed by atoms with E-state index in [-0.39, 0.29) is 28.3 Å². The van der Waals surface area contributed by atoms with Gasteiger partial charge >= 0.3 is 0 Å². The molecule has 3 aliphatic carbocycles. The Kier molecular flexibility index (Phi) is 11.0. The molecule has 262 valence electrons. The number of nitrogens with two attached hydrogens (primary N) is 1. The van der Waals surface area contributed by atoms with Crippen LogP contribution < -0.4 is 11.1 Å². The Morgan fingerprint density at radius 1 is 1.02 bits per heavy atom. The third-order valence-electron chi connectivity index (χ3n) is 9.10. The van der Waals surface area contributed by atoms with Crippen molar-refractivity contribution < 1.29 is 60.7 Å². The summed E-state index contributed by atoms with van der Waals surface area (Å²) in [6.45, 7) is 6.07. The zero-order valence-electron chi connectivity index (χ0n) is 27.0. The molecular weight excluding hydrogens is 630 g/mol. The van der Waals surface area contributed by atoms with Crippen LogP contribution in [0.4, 0.5) is 0 Å². The highest BCUT2D eigenvalue weighted by molar-refractivity contribution is 6.24. The lowest BCUT2D eigenvalue weighted by molar-refractivity contribution is -0.169. The molecule has 1 fully saturated rings. The highest BCUT2D eigenvalue weighted by Crippen LogP contribution is 2.56. The van der Waals surface area contributed by atoms with Gasteiger partial charge in [-0.05, 0) is 49.3 Å². The average molecular weight is 674 g/mol. The first-order valence-electron chi connectivity index (χ1n) is 15.0. The zero-order chi connectivity index (χ0) is 35.3. The number of rotatable bonds is 6. The van der Waals surface area contributed by atoms with Crippen molar-refractivity contribution >= 4 is 23.2 Å². The van der Waals surface area contributed by atoms with Gasteiger partial charge in [-0.1, -0.05) is 39.0 Å². The molecule has 0 spiro atoms. The van der Waals surface area contributed by atoms with Gasteiger partial charge in [0.25, 0.3) is 5.91 Å². The number of carbonyl (C=O) groups is 3. The van der Waals surface area contributed by atoms with Gasteiger partial charge in [-0.15, -0.1) is 0 Å². The summed E-state index contributed by atoms with van der Waals surface area (Å²) in [7, 11) is 2.92. The number of nitrogens with zero attached hydrogens (tertiary/aromatic N) is 1. The van der Waals surface area contributed by atoms with E-state index in [0.29, 0.717) is 23.7 Å². The van der Waals surface area contributed by atoms with Crippen LogP contribution in [0.3, 0.4) is 0 Å². The van der Waals surface area contributed by atoms with E-state index in [1.807, 2.05) is 13.8 Å². The average Bonchev–Trinajstić information content (AvgIpc) is 2.99. The number of hydrogen-bond acceptors (Lipinski definition) is 13. The predicted molar refractivity (Wildman–Crippen MR) is 172 cm³/mol. The van der Waals surface area contributed by atoms with Gasteiger partial charge in [0.15, 0.2) is 22.9 Å². The molecule has 1 unspecified atom stereocenters. The smallest absolute Gasteiger partial charge is 0.255 e. The van der Waals surface area contributed by atoms with Crippen LogP contribution in [0.25, 0.3) is 5.76 Å². The van der Waals surface area contributed by atoms with Crippen molar-refractivity contribution in [1.82, 2.24) is 10.2 Å². The fourth-order valence-corrected chi connectivity index (χ4v) is 6.79. The van der Waals surface area contributed by atoms with E-state index < -0.39 is 81.7 Å². The molecule has 1 amide bonds. The fraction of sp³-hybridized carbons (Fsp3) is 0.424. The number of hydrogen-bond donors (Lipinski definition) is 10. The number of aliphatic hydroxyl groups excluding tert-OH is 4. The number of carbonyl (C=O) groups excluding carboxylic acids is 3. The van der Waals surface area contributed by atoms with Crippen LogP contribution >= 0.6 is 0 Å². The van der Waals surface area contributed by atoms with E-state index in [2.05, 4.69) is 5.32 Å². The van der Waals surface area contributed by atoms with E-state index in [9.17, 15) is 50.1 Å². The first-order valence-corrected chi connectivity index (χ1v) is 15.0. The number of aromatic hydroxyl groups is 3. The molecule has 7 atom stereocenters. The van der Waals surface area contributed by atoms with Crippen LogP contribution in [0, 0.1) is 11.8 Å². The van der Waals surface area contributed by atoms with Gasteiger partial charge in [0.2, 0.25) is 5.78 Å². The molecule has 0 aliphatic heterocycles. The van der Waals surface area contributed by atoms with Crippen molar-refractivity contribution in [2.75, 3.05) is 20.6 Å². The third kappa shape index (κ3) is 6.11.